The molecule has 1 aliphatic heterocycles. The van der Waals surface area contributed by atoms with E-state index < -0.39 is 0 Å². The first-order valence-electron chi connectivity index (χ1n) is 8.19. The molecule has 1 atom stereocenters. The van der Waals surface area contributed by atoms with Crippen LogP contribution in [0, 0.1) is 6.92 Å². The zero-order valence-corrected chi connectivity index (χ0v) is 15.9. The summed E-state index contributed by atoms with van der Waals surface area (Å²) in [7, 11) is 1.76. The second kappa shape index (κ2) is 7.47. The van der Waals surface area contributed by atoms with E-state index in [-0.39, 0.29) is 22.9 Å². The van der Waals surface area contributed by atoms with Crippen LogP contribution in [0.15, 0.2) is 24.3 Å². The fourth-order valence-electron chi connectivity index (χ4n) is 2.59. The highest BCUT2D eigenvalue weighted by Crippen LogP contribution is 2.39. The lowest BCUT2D eigenvalue weighted by atomic mass is 10.1. The summed E-state index contributed by atoms with van der Waals surface area (Å²) in [6.45, 7) is 8.98. The first-order chi connectivity index (χ1) is 11.2. The molecular formula is C18H27N3O2S. The number of likely N-dealkylation sites (N-methyl/N-ethyl adjacent to an activating group) is 1. The van der Waals surface area contributed by atoms with Crippen LogP contribution in [0.5, 0.6) is 0 Å². The molecule has 0 aliphatic carbocycles. The molecule has 0 bridgehead atoms. The predicted octanol–water partition coefficient (Wildman–Crippen LogP) is 3.01. The number of nitrogens with zero attached hydrogens (tertiary/aromatic N) is 2. The Bertz CT molecular complexity index is 613. The fraction of sp³-hybridized carbons (Fsp3) is 0.556. The van der Waals surface area contributed by atoms with Crippen LogP contribution in [0.25, 0.3) is 0 Å². The summed E-state index contributed by atoms with van der Waals surface area (Å²) in [4.78, 5) is 27.9. The van der Waals surface area contributed by atoms with Crippen LogP contribution in [0.4, 0.5) is 4.79 Å². The van der Waals surface area contributed by atoms with E-state index in [9.17, 15) is 9.59 Å². The van der Waals surface area contributed by atoms with E-state index in [1.54, 1.807) is 23.7 Å². The number of carbonyl (C=O) groups is 2. The maximum Gasteiger partial charge on any atom is 0.317 e. The van der Waals surface area contributed by atoms with Gasteiger partial charge in [-0.2, -0.15) is 0 Å². The van der Waals surface area contributed by atoms with Gasteiger partial charge in [-0.1, -0.05) is 24.3 Å². The molecule has 1 saturated heterocycles. The predicted molar refractivity (Wildman–Crippen MR) is 99.0 cm³/mol. The summed E-state index contributed by atoms with van der Waals surface area (Å²) in [5.41, 5.74) is 2.10. The molecule has 0 radical (unpaired) electrons. The molecule has 0 saturated carbocycles. The van der Waals surface area contributed by atoms with E-state index in [1.165, 1.54) is 11.1 Å². The van der Waals surface area contributed by atoms with Crippen molar-refractivity contribution in [3.63, 3.8) is 0 Å². The number of nitrogens with one attached hydrogen (secondary N) is 1. The summed E-state index contributed by atoms with van der Waals surface area (Å²) in [6, 6.07) is 8.05. The van der Waals surface area contributed by atoms with Crippen LogP contribution >= 0.6 is 11.8 Å². The molecule has 0 spiro atoms. The third-order valence-corrected chi connectivity index (χ3v) is 5.17. The van der Waals surface area contributed by atoms with Crippen LogP contribution in [0.2, 0.25) is 0 Å². The van der Waals surface area contributed by atoms with Crippen LogP contribution in [0.1, 0.15) is 37.3 Å². The molecule has 1 heterocycles. The van der Waals surface area contributed by atoms with Crippen LogP contribution < -0.4 is 5.32 Å². The second-order valence-corrected chi connectivity index (χ2v) is 8.28. The highest BCUT2D eigenvalue weighted by atomic mass is 32.2. The van der Waals surface area contributed by atoms with E-state index in [0.29, 0.717) is 18.8 Å². The summed E-state index contributed by atoms with van der Waals surface area (Å²) in [5.74, 6) is 0.634. The van der Waals surface area contributed by atoms with Crippen molar-refractivity contribution in [2.24, 2.45) is 0 Å². The van der Waals surface area contributed by atoms with E-state index in [1.807, 2.05) is 37.8 Å². The quantitative estimate of drug-likeness (QED) is 0.909. The molecule has 3 amide bonds. The van der Waals surface area contributed by atoms with Gasteiger partial charge in [-0.15, -0.1) is 11.8 Å². The van der Waals surface area contributed by atoms with Crippen molar-refractivity contribution in [2.45, 2.75) is 38.6 Å². The van der Waals surface area contributed by atoms with Gasteiger partial charge >= 0.3 is 6.03 Å². The van der Waals surface area contributed by atoms with Gasteiger partial charge < -0.3 is 15.1 Å². The van der Waals surface area contributed by atoms with Crippen molar-refractivity contribution >= 4 is 23.7 Å². The maximum atomic E-state index is 12.3. The van der Waals surface area contributed by atoms with Gasteiger partial charge in [0.05, 0.1) is 5.75 Å². The highest BCUT2D eigenvalue weighted by molar-refractivity contribution is 8.00. The molecule has 2 rings (SSSR count). The summed E-state index contributed by atoms with van der Waals surface area (Å²) < 4.78 is 0. The van der Waals surface area contributed by atoms with Gasteiger partial charge in [-0.25, -0.2) is 4.79 Å². The number of rotatable bonds is 4. The fourth-order valence-corrected chi connectivity index (χ4v) is 3.91. The lowest BCUT2D eigenvalue weighted by molar-refractivity contribution is -0.128. The van der Waals surface area contributed by atoms with Gasteiger partial charge in [0.25, 0.3) is 0 Å². The zero-order chi connectivity index (χ0) is 17.9. The number of hydrogen-bond acceptors (Lipinski definition) is 3. The lowest BCUT2D eigenvalue weighted by Crippen LogP contribution is -2.49. The van der Waals surface area contributed by atoms with E-state index in [0.717, 1.165) is 0 Å². The Morgan fingerprint density at radius 1 is 1.38 bits per heavy atom. The first kappa shape index (κ1) is 18.6. The van der Waals surface area contributed by atoms with Crippen molar-refractivity contribution in [2.75, 3.05) is 25.9 Å². The Hall–Kier alpha value is -1.69. The third kappa shape index (κ3) is 4.66. The van der Waals surface area contributed by atoms with Gasteiger partial charge in [0.15, 0.2) is 0 Å². The number of benzene rings is 1. The largest absolute Gasteiger partial charge is 0.333 e. The third-order valence-electron chi connectivity index (χ3n) is 3.93. The van der Waals surface area contributed by atoms with Gasteiger partial charge in [-0.05, 0) is 38.8 Å². The van der Waals surface area contributed by atoms with Crippen LogP contribution in [0.3, 0.4) is 0 Å². The van der Waals surface area contributed by atoms with Crippen molar-refractivity contribution in [3.8, 4) is 0 Å². The average Bonchev–Trinajstić information content (AvgIpc) is 2.84. The Balaban J connectivity index is 2.01. The molecule has 1 N–H and O–H groups in total. The second-order valence-electron chi connectivity index (χ2n) is 7.21. The van der Waals surface area contributed by atoms with E-state index >= 15 is 0 Å². The molecule has 1 aromatic rings. The topological polar surface area (TPSA) is 52.7 Å². The maximum absolute atomic E-state index is 12.3. The molecule has 0 aromatic heterocycles. The molecule has 1 fully saturated rings. The minimum atomic E-state index is -0.269. The Labute approximate surface area is 148 Å². The van der Waals surface area contributed by atoms with Crippen LogP contribution in [-0.2, 0) is 4.79 Å². The minimum absolute atomic E-state index is 0.0396. The molecule has 24 heavy (non-hydrogen) atoms. The van der Waals surface area contributed by atoms with Crippen molar-refractivity contribution < 1.29 is 9.59 Å². The molecule has 132 valence electrons. The van der Waals surface area contributed by atoms with Crippen molar-refractivity contribution in [1.82, 2.24) is 15.1 Å². The smallest absolute Gasteiger partial charge is 0.317 e. The normalized spacial score (nSPS) is 18.0. The summed E-state index contributed by atoms with van der Waals surface area (Å²) >= 11 is 1.65. The van der Waals surface area contributed by atoms with Crippen molar-refractivity contribution in [1.29, 1.82) is 0 Å². The number of carbonyl (C=O) groups excluding carboxylic acids is 2. The standard InChI is InChI=1S/C18H27N3O2S/c1-13-8-6-7-9-14(13)16-21(15(22)12-24-16)11-10-20(5)17(23)19-18(2,3)4/h6-9,16H,10-12H2,1-5H3,(H,19,23)/t16-/m0/s1. The molecule has 6 heteroatoms. The van der Waals surface area contributed by atoms with Gasteiger partial charge in [0.1, 0.15) is 5.37 Å². The zero-order valence-electron chi connectivity index (χ0n) is 15.1. The molecular weight excluding hydrogens is 322 g/mol. The molecule has 0 unspecified atom stereocenters. The average molecular weight is 350 g/mol. The summed E-state index contributed by atoms with van der Waals surface area (Å²) in [6.07, 6.45) is 0. The van der Waals surface area contributed by atoms with Crippen molar-refractivity contribution in [3.05, 3.63) is 35.4 Å². The highest BCUT2D eigenvalue weighted by Gasteiger charge is 2.33. The SMILES string of the molecule is Cc1ccccc1[C@@H]1SCC(=O)N1CCN(C)C(=O)NC(C)(C)C. The van der Waals surface area contributed by atoms with E-state index in [2.05, 4.69) is 24.4 Å². The van der Waals surface area contributed by atoms with E-state index in [4.69, 9.17) is 0 Å². The van der Waals surface area contributed by atoms with Gasteiger partial charge in [0, 0.05) is 25.7 Å². The Kier molecular flexibility index (Phi) is 5.80. The number of hydrogen-bond donors (Lipinski definition) is 1. The number of urea groups is 1. The Morgan fingerprint density at radius 3 is 2.67 bits per heavy atom. The monoisotopic (exact) mass is 349 g/mol. The van der Waals surface area contributed by atoms with Crippen LogP contribution in [-0.4, -0.2) is 53.2 Å². The van der Waals surface area contributed by atoms with Gasteiger partial charge in [-0.3, -0.25) is 4.79 Å². The minimum Gasteiger partial charge on any atom is -0.333 e. The molecule has 1 aliphatic rings. The lowest BCUT2D eigenvalue weighted by Gasteiger charge is -2.29. The summed E-state index contributed by atoms with van der Waals surface area (Å²) in [5, 5.41) is 2.98. The molecule has 1 aromatic carbocycles. The van der Waals surface area contributed by atoms with Gasteiger partial charge in [0.2, 0.25) is 5.91 Å². The number of aryl methyl sites for hydroxylation is 1. The number of amides is 3. The number of thioether (sulfide) groups is 1. The first-order valence-corrected chi connectivity index (χ1v) is 9.24. The Morgan fingerprint density at radius 2 is 2.04 bits per heavy atom. The molecule has 5 nitrogen and oxygen atoms in total.